The molecule has 0 saturated heterocycles. The van der Waals surface area contributed by atoms with Gasteiger partial charge in [0.05, 0.1) is 19.8 Å². The minimum Gasteiger partial charge on any atom is -0.382 e. The standard InChI is InChI=1S/C15H33NO2/c1-3-4-5-6-7-8-9-10-11-16-12-13-18-15-14-17-2/h16H,3-15H2,1-2H3. The maximum atomic E-state index is 5.37. The Morgan fingerprint density at radius 3 is 2.06 bits per heavy atom. The van der Waals surface area contributed by atoms with Crippen LogP contribution in [0.5, 0.6) is 0 Å². The van der Waals surface area contributed by atoms with Crippen LogP contribution in [0.4, 0.5) is 0 Å². The van der Waals surface area contributed by atoms with Gasteiger partial charge in [-0.15, -0.1) is 0 Å². The van der Waals surface area contributed by atoms with Gasteiger partial charge >= 0.3 is 0 Å². The van der Waals surface area contributed by atoms with Crippen LogP contribution in [0, 0.1) is 0 Å². The van der Waals surface area contributed by atoms with Crippen LogP contribution in [0.25, 0.3) is 0 Å². The van der Waals surface area contributed by atoms with Crippen LogP contribution in [0.3, 0.4) is 0 Å². The van der Waals surface area contributed by atoms with Crippen molar-refractivity contribution in [3.8, 4) is 0 Å². The second-order valence-electron chi connectivity index (χ2n) is 4.83. The topological polar surface area (TPSA) is 30.5 Å². The molecule has 0 aliphatic rings. The van der Waals surface area contributed by atoms with Gasteiger partial charge in [-0.05, 0) is 13.0 Å². The van der Waals surface area contributed by atoms with Crippen molar-refractivity contribution in [1.82, 2.24) is 5.32 Å². The molecule has 1 N–H and O–H groups in total. The Hall–Kier alpha value is -0.120. The molecule has 0 amide bonds. The number of ether oxygens (including phenoxy) is 2. The highest BCUT2D eigenvalue weighted by Crippen LogP contribution is 2.07. The van der Waals surface area contributed by atoms with E-state index in [1.54, 1.807) is 7.11 Å². The van der Waals surface area contributed by atoms with Crippen molar-refractivity contribution in [3.05, 3.63) is 0 Å². The highest BCUT2D eigenvalue weighted by atomic mass is 16.5. The lowest BCUT2D eigenvalue weighted by atomic mass is 10.1. The molecule has 0 heterocycles. The van der Waals surface area contributed by atoms with E-state index in [0.29, 0.717) is 13.2 Å². The summed E-state index contributed by atoms with van der Waals surface area (Å²) < 4.78 is 10.3. The summed E-state index contributed by atoms with van der Waals surface area (Å²) >= 11 is 0. The molecule has 0 unspecified atom stereocenters. The second kappa shape index (κ2) is 16.9. The highest BCUT2D eigenvalue weighted by Gasteiger charge is 1.92. The Morgan fingerprint density at radius 1 is 0.722 bits per heavy atom. The van der Waals surface area contributed by atoms with E-state index in [2.05, 4.69) is 12.2 Å². The zero-order valence-electron chi connectivity index (χ0n) is 12.5. The third-order valence-electron chi connectivity index (χ3n) is 3.06. The van der Waals surface area contributed by atoms with Gasteiger partial charge in [0.15, 0.2) is 0 Å². The molecule has 3 nitrogen and oxygen atoms in total. The third kappa shape index (κ3) is 15.9. The smallest absolute Gasteiger partial charge is 0.0700 e. The number of rotatable bonds is 15. The average molecular weight is 259 g/mol. The molecule has 0 fully saturated rings. The van der Waals surface area contributed by atoms with E-state index in [1.807, 2.05) is 0 Å². The van der Waals surface area contributed by atoms with Crippen LogP contribution in [0.15, 0.2) is 0 Å². The summed E-state index contributed by atoms with van der Waals surface area (Å²) in [5.74, 6) is 0. The van der Waals surface area contributed by atoms with Crippen molar-refractivity contribution >= 4 is 0 Å². The predicted octanol–water partition coefficient (Wildman–Crippen LogP) is 3.38. The van der Waals surface area contributed by atoms with Gasteiger partial charge in [-0.1, -0.05) is 51.9 Å². The van der Waals surface area contributed by atoms with E-state index >= 15 is 0 Å². The molecule has 0 spiro atoms. The minimum absolute atomic E-state index is 0.692. The molecule has 0 aromatic heterocycles. The molecule has 18 heavy (non-hydrogen) atoms. The minimum atomic E-state index is 0.692. The summed E-state index contributed by atoms with van der Waals surface area (Å²) in [7, 11) is 1.70. The first kappa shape index (κ1) is 17.9. The van der Waals surface area contributed by atoms with Crippen LogP contribution >= 0.6 is 0 Å². The van der Waals surface area contributed by atoms with Crippen molar-refractivity contribution in [2.24, 2.45) is 0 Å². The molecule has 0 aliphatic heterocycles. The summed E-state index contributed by atoms with van der Waals surface area (Å²) in [6.07, 6.45) is 11.1. The van der Waals surface area contributed by atoms with E-state index in [0.717, 1.165) is 19.7 Å². The third-order valence-corrected chi connectivity index (χ3v) is 3.06. The lowest BCUT2D eigenvalue weighted by molar-refractivity contribution is 0.0720. The Balaban J connectivity index is 2.86. The molecule has 3 heteroatoms. The molecule has 0 aromatic carbocycles. The Morgan fingerprint density at radius 2 is 1.39 bits per heavy atom. The zero-order chi connectivity index (χ0) is 13.3. The number of unbranched alkanes of at least 4 members (excludes halogenated alkanes) is 7. The molecular formula is C15H33NO2. The molecule has 110 valence electrons. The largest absolute Gasteiger partial charge is 0.382 e. The summed E-state index contributed by atoms with van der Waals surface area (Å²) in [5, 5.41) is 3.41. The van der Waals surface area contributed by atoms with E-state index < -0.39 is 0 Å². The summed E-state index contributed by atoms with van der Waals surface area (Å²) in [5.41, 5.74) is 0. The quantitative estimate of drug-likeness (QED) is 0.457. The fourth-order valence-electron chi connectivity index (χ4n) is 1.90. The van der Waals surface area contributed by atoms with Crippen molar-refractivity contribution < 1.29 is 9.47 Å². The monoisotopic (exact) mass is 259 g/mol. The normalized spacial score (nSPS) is 11.0. The van der Waals surface area contributed by atoms with Gasteiger partial charge in [-0.3, -0.25) is 0 Å². The molecule has 0 atom stereocenters. The van der Waals surface area contributed by atoms with E-state index in [4.69, 9.17) is 9.47 Å². The van der Waals surface area contributed by atoms with Crippen molar-refractivity contribution in [3.63, 3.8) is 0 Å². The summed E-state index contributed by atoms with van der Waals surface area (Å²) in [6, 6.07) is 0. The summed E-state index contributed by atoms with van der Waals surface area (Å²) in [4.78, 5) is 0. The first-order valence-electron chi connectivity index (χ1n) is 7.69. The maximum absolute atomic E-state index is 5.37. The predicted molar refractivity (Wildman–Crippen MR) is 78.2 cm³/mol. The fourth-order valence-corrected chi connectivity index (χ4v) is 1.90. The van der Waals surface area contributed by atoms with Gasteiger partial charge < -0.3 is 14.8 Å². The molecule has 0 bridgehead atoms. The molecule has 0 rings (SSSR count). The molecule has 0 radical (unpaired) electrons. The van der Waals surface area contributed by atoms with Gasteiger partial charge in [0, 0.05) is 13.7 Å². The first-order valence-corrected chi connectivity index (χ1v) is 7.69. The van der Waals surface area contributed by atoms with Gasteiger partial charge in [0.2, 0.25) is 0 Å². The van der Waals surface area contributed by atoms with Gasteiger partial charge in [0.1, 0.15) is 0 Å². The maximum Gasteiger partial charge on any atom is 0.0700 e. The summed E-state index contributed by atoms with van der Waals surface area (Å²) in [6.45, 7) is 6.54. The second-order valence-corrected chi connectivity index (χ2v) is 4.83. The fraction of sp³-hybridized carbons (Fsp3) is 1.00. The average Bonchev–Trinajstić information content (AvgIpc) is 2.39. The Bertz CT molecular complexity index is 126. The van der Waals surface area contributed by atoms with Crippen LogP contribution in [-0.4, -0.2) is 40.0 Å². The molecule has 0 saturated carbocycles. The SMILES string of the molecule is CCCCCCCCCCNCCOCCOC. The lowest BCUT2D eigenvalue weighted by Crippen LogP contribution is -2.21. The van der Waals surface area contributed by atoms with Crippen molar-refractivity contribution in [1.29, 1.82) is 0 Å². The molecule has 0 aliphatic carbocycles. The number of hydrogen-bond donors (Lipinski definition) is 1. The lowest BCUT2D eigenvalue weighted by Gasteiger charge is -2.06. The first-order chi connectivity index (χ1) is 8.91. The van der Waals surface area contributed by atoms with Crippen LogP contribution in [0.2, 0.25) is 0 Å². The van der Waals surface area contributed by atoms with E-state index in [-0.39, 0.29) is 0 Å². The van der Waals surface area contributed by atoms with Crippen molar-refractivity contribution in [2.45, 2.75) is 58.3 Å². The zero-order valence-corrected chi connectivity index (χ0v) is 12.5. The number of methoxy groups -OCH3 is 1. The highest BCUT2D eigenvalue weighted by molar-refractivity contribution is 4.50. The van der Waals surface area contributed by atoms with E-state index in [1.165, 1.54) is 51.4 Å². The van der Waals surface area contributed by atoms with E-state index in [9.17, 15) is 0 Å². The van der Waals surface area contributed by atoms with Crippen LogP contribution in [-0.2, 0) is 9.47 Å². The van der Waals surface area contributed by atoms with Crippen LogP contribution in [0.1, 0.15) is 58.3 Å². The van der Waals surface area contributed by atoms with Crippen LogP contribution < -0.4 is 5.32 Å². The molecule has 0 aromatic rings. The molecular weight excluding hydrogens is 226 g/mol. The number of hydrogen-bond acceptors (Lipinski definition) is 3. The van der Waals surface area contributed by atoms with Gasteiger partial charge in [-0.25, -0.2) is 0 Å². The van der Waals surface area contributed by atoms with Crippen molar-refractivity contribution in [2.75, 3.05) is 40.0 Å². The van der Waals surface area contributed by atoms with Gasteiger partial charge in [-0.2, -0.15) is 0 Å². The Labute approximate surface area is 114 Å². The number of nitrogens with one attached hydrogen (secondary N) is 1. The van der Waals surface area contributed by atoms with Gasteiger partial charge in [0.25, 0.3) is 0 Å². The Kier molecular flexibility index (Phi) is 16.8.